The van der Waals surface area contributed by atoms with Crippen molar-refractivity contribution < 1.29 is 4.42 Å². The number of nitrogens with one attached hydrogen (secondary N) is 2. The van der Waals surface area contributed by atoms with Crippen molar-refractivity contribution in [1.29, 1.82) is 0 Å². The number of furan rings is 1. The van der Waals surface area contributed by atoms with E-state index >= 15 is 0 Å². The molecule has 1 aliphatic rings. The summed E-state index contributed by atoms with van der Waals surface area (Å²) in [7, 11) is 0. The number of hydrogen-bond donors (Lipinski definition) is 2. The van der Waals surface area contributed by atoms with E-state index in [1.165, 1.54) is 12.8 Å². The molecule has 2 aromatic heterocycles. The maximum absolute atomic E-state index is 5.52. The molecule has 0 unspecified atom stereocenters. The van der Waals surface area contributed by atoms with Crippen molar-refractivity contribution in [3.8, 4) is 0 Å². The zero-order chi connectivity index (χ0) is 17.8. The normalized spacial score (nSPS) is 17.4. The highest BCUT2D eigenvalue weighted by molar-refractivity contribution is 7.80. The van der Waals surface area contributed by atoms with Crippen LogP contribution in [0.2, 0.25) is 0 Å². The van der Waals surface area contributed by atoms with E-state index in [9.17, 15) is 0 Å². The van der Waals surface area contributed by atoms with Gasteiger partial charge >= 0.3 is 0 Å². The maximum atomic E-state index is 5.52. The molecule has 134 valence electrons. The highest BCUT2D eigenvalue weighted by Crippen LogP contribution is 2.22. The summed E-state index contributed by atoms with van der Waals surface area (Å²) in [5, 5.41) is 6.68. The fourth-order valence-electron chi connectivity index (χ4n) is 3.06. The van der Waals surface area contributed by atoms with Crippen LogP contribution < -0.4 is 15.5 Å². The molecule has 1 atom stereocenters. The summed E-state index contributed by atoms with van der Waals surface area (Å²) < 4.78 is 5.52. The van der Waals surface area contributed by atoms with Gasteiger partial charge in [-0.1, -0.05) is 6.92 Å². The average Bonchev–Trinajstić information content (AvgIpc) is 2.98. The van der Waals surface area contributed by atoms with Crippen molar-refractivity contribution in [1.82, 2.24) is 15.3 Å². The van der Waals surface area contributed by atoms with Gasteiger partial charge in [0.25, 0.3) is 0 Å². The molecule has 0 aliphatic carbocycles. The predicted molar refractivity (Wildman–Crippen MR) is 104 cm³/mol. The van der Waals surface area contributed by atoms with Crippen molar-refractivity contribution >= 4 is 29.1 Å². The summed E-state index contributed by atoms with van der Waals surface area (Å²) in [5.74, 6) is 3.92. The minimum absolute atomic E-state index is 0.484. The van der Waals surface area contributed by atoms with Gasteiger partial charge in [0.2, 0.25) is 5.95 Å². The molecular formula is C18H25N5OS. The van der Waals surface area contributed by atoms with Gasteiger partial charge in [-0.15, -0.1) is 0 Å². The Morgan fingerprint density at radius 1 is 1.36 bits per heavy atom. The monoisotopic (exact) mass is 359 g/mol. The largest absolute Gasteiger partial charge is 0.465 e. The minimum Gasteiger partial charge on any atom is -0.465 e. The molecule has 1 fully saturated rings. The Balaban J connectivity index is 1.62. The van der Waals surface area contributed by atoms with Crippen LogP contribution in [0.15, 0.2) is 22.6 Å². The van der Waals surface area contributed by atoms with Crippen LogP contribution in [0.1, 0.15) is 37.0 Å². The van der Waals surface area contributed by atoms with Gasteiger partial charge < -0.3 is 20.0 Å². The molecule has 0 spiro atoms. The van der Waals surface area contributed by atoms with Crippen LogP contribution in [-0.4, -0.2) is 28.2 Å². The van der Waals surface area contributed by atoms with E-state index in [0.29, 0.717) is 23.5 Å². The fourth-order valence-corrected chi connectivity index (χ4v) is 3.22. The van der Waals surface area contributed by atoms with E-state index in [1.807, 2.05) is 32.0 Å². The maximum Gasteiger partial charge on any atom is 0.231 e. The first-order valence-corrected chi connectivity index (χ1v) is 9.11. The second-order valence-corrected chi connectivity index (χ2v) is 7.11. The lowest BCUT2D eigenvalue weighted by molar-refractivity contribution is 0.444. The number of thiocarbonyl (C=S) groups is 1. The SMILES string of the molecule is Cc1cc(N2CCC[C@@H](C)C2)nc(NC(=S)NCc2ccc(C)o2)n1. The van der Waals surface area contributed by atoms with Gasteiger partial charge in [-0.3, -0.25) is 0 Å². The molecule has 7 heteroatoms. The van der Waals surface area contributed by atoms with Gasteiger partial charge in [-0.25, -0.2) is 4.98 Å². The fraction of sp³-hybridized carbons (Fsp3) is 0.500. The van der Waals surface area contributed by atoms with Crippen LogP contribution in [0.25, 0.3) is 0 Å². The van der Waals surface area contributed by atoms with Crippen LogP contribution in [0.3, 0.4) is 0 Å². The second kappa shape index (κ2) is 7.82. The number of aryl methyl sites for hydroxylation is 2. The summed E-state index contributed by atoms with van der Waals surface area (Å²) in [4.78, 5) is 11.4. The van der Waals surface area contributed by atoms with Gasteiger partial charge in [0.1, 0.15) is 17.3 Å². The highest BCUT2D eigenvalue weighted by atomic mass is 32.1. The Labute approximate surface area is 154 Å². The van der Waals surface area contributed by atoms with Gasteiger partial charge in [0.05, 0.1) is 6.54 Å². The Kier molecular flexibility index (Phi) is 5.53. The molecule has 0 amide bonds. The molecule has 0 bridgehead atoms. The topological polar surface area (TPSA) is 66.2 Å². The van der Waals surface area contributed by atoms with Gasteiger partial charge in [0, 0.05) is 24.8 Å². The third kappa shape index (κ3) is 4.92. The standard InChI is InChI=1S/C18H25N5OS/c1-12-5-4-8-23(11-12)16-9-13(2)20-17(21-16)22-18(25)19-10-15-7-6-14(3)24-15/h6-7,9,12H,4-5,8,10-11H2,1-3H3,(H2,19,20,21,22,25)/t12-/m1/s1. The molecule has 1 aliphatic heterocycles. The van der Waals surface area contributed by atoms with E-state index < -0.39 is 0 Å². The van der Waals surface area contributed by atoms with E-state index in [2.05, 4.69) is 32.4 Å². The van der Waals surface area contributed by atoms with Crippen LogP contribution in [-0.2, 0) is 6.54 Å². The Bertz CT molecular complexity index is 745. The van der Waals surface area contributed by atoms with Crippen molar-refractivity contribution in [3.63, 3.8) is 0 Å². The lowest BCUT2D eigenvalue weighted by Crippen LogP contribution is -2.35. The molecule has 3 rings (SSSR count). The lowest BCUT2D eigenvalue weighted by Gasteiger charge is -2.32. The van der Waals surface area contributed by atoms with Crippen LogP contribution in [0.5, 0.6) is 0 Å². The van der Waals surface area contributed by atoms with E-state index in [4.69, 9.17) is 16.6 Å². The van der Waals surface area contributed by atoms with Gasteiger partial charge in [-0.2, -0.15) is 4.98 Å². The third-order valence-corrected chi connectivity index (χ3v) is 4.51. The summed E-state index contributed by atoms with van der Waals surface area (Å²) in [6.07, 6.45) is 2.49. The first kappa shape index (κ1) is 17.7. The van der Waals surface area contributed by atoms with E-state index in [0.717, 1.165) is 36.1 Å². The molecule has 0 aromatic carbocycles. The quantitative estimate of drug-likeness (QED) is 0.811. The molecular weight excluding hydrogens is 334 g/mol. The molecule has 3 heterocycles. The zero-order valence-electron chi connectivity index (χ0n) is 15.0. The van der Waals surface area contributed by atoms with Crippen LogP contribution in [0.4, 0.5) is 11.8 Å². The molecule has 0 saturated carbocycles. The number of aromatic nitrogens is 2. The van der Waals surface area contributed by atoms with Gasteiger partial charge in [0.15, 0.2) is 5.11 Å². The van der Waals surface area contributed by atoms with Crippen molar-refractivity contribution in [2.45, 2.75) is 40.2 Å². The second-order valence-electron chi connectivity index (χ2n) is 6.70. The van der Waals surface area contributed by atoms with E-state index in [-0.39, 0.29) is 0 Å². The molecule has 1 saturated heterocycles. The minimum atomic E-state index is 0.484. The van der Waals surface area contributed by atoms with Crippen molar-refractivity contribution in [3.05, 3.63) is 35.4 Å². The summed E-state index contributed by atoms with van der Waals surface area (Å²) in [5.41, 5.74) is 0.926. The first-order valence-electron chi connectivity index (χ1n) is 8.70. The number of hydrogen-bond acceptors (Lipinski definition) is 5. The number of rotatable bonds is 4. The lowest BCUT2D eigenvalue weighted by atomic mass is 10.0. The summed E-state index contributed by atoms with van der Waals surface area (Å²) in [6.45, 7) is 8.80. The summed E-state index contributed by atoms with van der Waals surface area (Å²) in [6, 6.07) is 5.90. The zero-order valence-corrected chi connectivity index (χ0v) is 15.8. The molecule has 2 N–H and O–H groups in total. The Morgan fingerprint density at radius 2 is 2.20 bits per heavy atom. The van der Waals surface area contributed by atoms with Gasteiger partial charge in [-0.05, 0) is 57.0 Å². The molecule has 6 nitrogen and oxygen atoms in total. The first-order chi connectivity index (χ1) is 12.0. The molecule has 25 heavy (non-hydrogen) atoms. The average molecular weight is 359 g/mol. The summed E-state index contributed by atoms with van der Waals surface area (Å²) >= 11 is 5.35. The Morgan fingerprint density at radius 3 is 2.92 bits per heavy atom. The number of anilines is 2. The number of nitrogens with zero attached hydrogens (tertiary/aromatic N) is 3. The predicted octanol–water partition coefficient (Wildman–Crippen LogP) is 3.41. The van der Waals surface area contributed by atoms with E-state index in [1.54, 1.807) is 0 Å². The van der Waals surface area contributed by atoms with Crippen molar-refractivity contribution in [2.24, 2.45) is 5.92 Å². The third-order valence-electron chi connectivity index (χ3n) is 4.27. The van der Waals surface area contributed by atoms with Crippen LogP contribution >= 0.6 is 12.2 Å². The highest BCUT2D eigenvalue weighted by Gasteiger charge is 2.18. The van der Waals surface area contributed by atoms with Crippen LogP contribution in [0, 0.1) is 19.8 Å². The Hall–Kier alpha value is -2.15. The molecule has 2 aromatic rings. The number of piperidine rings is 1. The smallest absolute Gasteiger partial charge is 0.231 e. The van der Waals surface area contributed by atoms with Crippen molar-refractivity contribution in [2.75, 3.05) is 23.3 Å². The molecule has 0 radical (unpaired) electrons.